The van der Waals surface area contributed by atoms with Crippen molar-refractivity contribution in [1.29, 1.82) is 0 Å². The third-order valence-electron chi connectivity index (χ3n) is 6.36. The molecule has 2 N–H and O–H groups in total. The van der Waals surface area contributed by atoms with E-state index in [2.05, 4.69) is 11.8 Å². The number of likely N-dealkylation sites (N-methyl/N-ethyl adjacent to an activating group) is 1. The van der Waals surface area contributed by atoms with Crippen molar-refractivity contribution in [2.45, 2.75) is 26.4 Å². The van der Waals surface area contributed by atoms with Crippen LogP contribution in [0.5, 0.6) is 23.0 Å². The lowest BCUT2D eigenvalue weighted by Crippen LogP contribution is -2.29. The number of halogens is 1. The minimum atomic E-state index is -0.420. The van der Waals surface area contributed by atoms with E-state index in [1.807, 2.05) is 43.3 Å². The quantitative estimate of drug-likeness (QED) is 0.363. The van der Waals surface area contributed by atoms with Gasteiger partial charge in [-0.2, -0.15) is 0 Å². The van der Waals surface area contributed by atoms with E-state index in [1.165, 1.54) is 0 Å². The van der Waals surface area contributed by atoms with Crippen LogP contribution in [-0.4, -0.2) is 48.0 Å². The average molecular weight is 478 g/mol. The van der Waals surface area contributed by atoms with Gasteiger partial charge in [-0.15, -0.1) is 0 Å². The van der Waals surface area contributed by atoms with E-state index >= 15 is 0 Å². The van der Waals surface area contributed by atoms with E-state index in [9.17, 15) is 14.6 Å². The number of alkyl halides is 1. The zero-order valence-electron chi connectivity index (χ0n) is 20.2. The lowest BCUT2D eigenvalue weighted by molar-refractivity contribution is 0.209. The highest BCUT2D eigenvalue weighted by atomic mass is 19.1. The van der Waals surface area contributed by atoms with Crippen LogP contribution in [-0.2, 0) is 0 Å². The van der Waals surface area contributed by atoms with Gasteiger partial charge in [0.05, 0.1) is 12.2 Å². The molecule has 0 saturated carbocycles. The maximum absolute atomic E-state index is 12.5. The van der Waals surface area contributed by atoms with Crippen LogP contribution in [0, 0.1) is 0 Å². The number of benzene rings is 3. The average Bonchev–Trinajstić information content (AvgIpc) is 2.86. The molecular formula is C29H32FNO4. The Labute approximate surface area is 206 Å². The Morgan fingerprint density at radius 2 is 1.77 bits per heavy atom. The van der Waals surface area contributed by atoms with Crippen molar-refractivity contribution in [2.75, 3.05) is 32.9 Å². The van der Waals surface area contributed by atoms with Crippen LogP contribution < -0.4 is 9.47 Å². The van der Waals surface area contributed by atoms with Gasteiger partial charge in [-0.05, 0) is 73.0 Å². The van der Waals surface area contributed by atoms with Crippen molar-refractivity contribution in [2.24, 2.45) is 0 Å². The summed E-state index contributed by atoms with van der Waals surface area (Å²) in [5, 5.41) is 20.6. The molecule has 1 unspecified atom stereocenters. The number of rotatable bonds is 10. The molecule has 5 nitrogen and oxygen atoms in total. The smallest absolute Gasteiger partial charge is 0.150 e. The molecule has 3 aromatic rings. The molecule has 0 bridgehead atoms. The first-order chi connectivity index (χ1) is 17.0. The predicted octanol–water partition coefficient (Wildman–Crippen LogP) is 6.22. The van der Waals surface area contributed by atoms with Gasteiger partial charge in [0.1, 0.15) is 35.7 Å². The van der Waals surface area contributed by atoms with Crippen LogP contribution >= 0.6 is 0 Å². The number of ether oxygens (including phenoxy) is 2. The normalized spacial score (nSPS) is 15.1. The van der Waals surface area contributed by atoms with Gasteiger partial charge >= 0.3 is 0 Å². The Hall–Kier alpha value is -3.51. The highest BCUT2D eigenvalue weighted by Gasteiger charge is 2.31. The molecule has 184 valence electrons. The fraction of sp³-hybridized carbons (Fsp3) is 0.310. The highest BCUT2D eigenvalue weighted by molar-refractivity contribution is 5.97. The van der Waals surface area contributed by atoms with Crippen molar-refractivity contribution in [3.8, 4) is 23.0 Å². The van der Waals surface area contributed by atoms with Crippen LogP contribution in [0.25, 0.3) is 11.1 Å². The molecule has 0 fully saturated rings. The van der Waals surface area contributed by atoms with E-state index in [0.29, 0.717) is 24.3 Å². The van der Waals surface area contributed by atoms with Crippen LogP contribution in [0.4, 0.5) is 4.39 Å². The van der Waals surface area contributed by atoms with Crippen molar-refractivity contribution in [3.05, 3.63) is 83.4 Å². The SMILES string of the molecule is CCN(CCCF)CCOc1ccc(C2Oc3cccc(O)c3C(C)=C2c2cccc(O)c2)cc1. The molecular weight excluding hydrogens is 445 g/mol. The van der Waals surface area contributed by atoms with Gasteiger partial charge in [-0.25, -0.2) is 0 Å². The summed E-state index contributed by atoms with van der Waals surface area (Å²) < 4.78 is 24.8. The van der Waals surface area contributed by atoms with Gasteiger partial charge < -0.3 is 24.6 Å². The number of hydrogen-bond donors (Lipinski definition) is 2. The Bertz CT molecular complexity index is 1180. The van der Waals surface area contributed by atoms with E-state index in [4.69, 9.17) is 9.47 Å². The third kappa shape index (κ3) is 5.60. The topological polar surface area (TPSA) is 62.2 Å². The second-order valence-electron chi connectivity index (χ2n) is 8.63. The first-order valence-electron chi connectivity index (χ1n) is 12.0. The zero-order chi connectivity index (χ0) is 24.8. The van der Waals surface area contributed by atoms with Crippen LogP contribution in [0.2, 0.25) is 0 Å². The molecule has 6 heteroatoms. The molecule has 4 rings (SSSR count). The Morgan fingerprint density at radius 1 is 1.00 bits per heavy atom. The van der Waals surface area contributed by atoms with Gasteiger partial charge in [-0.1, -0.05) is 37.3 Å². The lowest BCUT2D eigenvalue weighted by atomic mass is 9.86. The second-order valence-corrected chi connectivity index (χ2v) is 8.63. The Balaban J connectivity index is 1.58. The van der Waals surface area contributed by atoms with Gasteiger partial charge in [-0.3, -0.25) is 4.39 Å². The molecule has 35 heavy (non-hydrogen) atoms. The molecule has 0 aliphatic carbocycles. The summed E-state index contributed by atoms with van der Waals surface area (Å²) in [5.74, 6) is 1.70. The van der Waals surface area contributed by atoms with E-state index in [1.54, 1.807) is 30.3 Å². The summed E-state index contributed by atoms with van der Waals surface area (Å²) in [7, 11) is 0. The fourth-order valence-corrected chi connectivity index (χ4v) is 4.53. The molecule has 1 atom stereocenters. The largest absolute Gasteiger partial charge is 0.508 e. The number of hydrogen-bond acceptors (Lipinski definition) is 5. The monoisotopic (exact) mass is 477 g/mol. The van der Waals surface area contributed by atoms with Crippen LogP contribution in [0.1, 0.15) is 43.1 Å². The van der Waals surface area contributed by atoms with E-state index < -0.39 is 6.10 Å². The summed E-state index contributed by atoms with van der Waals surface area (Å²) in [6.45, 7) is 6.59. The van der Waals surface area contributed by atoms with E-state index in [0.717, 1.165) is 47.7 Å². The fourth-order valence-electron chi connectivity index (χ4n) is 4.53. The van der Waals surface area contributed by atoms with Crippen molar-refractivity contribution >= 4 is 11.1 Å². The van der Waals surface area contributed by atoms with Crippen molar-refractivity contribution in [3.63, 3.8) is 0 Å². The lowest BCUT2D eigenvalue weighted by Gasteiger charge is -2.31. The van der Waals surface area contributed by atoms with Crippen molar-refractivity contribution < 1.29 is 24.1 Å². The molecule has 3 aromatic carbocycles. The molecule has 0 saturated heterocycles. The van der Waals surface area contributed by atoms with Gasteiger partial charge in [0.2, 0.25) is 0 Å². The van der Waals surface area contributed by atoms with Gasteiger partial charge in [0.25, 0.3) is 0 Å². The molecule has 1 heterocycles. The van der Waals surface area contributed by atoms with Crippen LogP contribution in [0.15, 0.2) is 66.7 Å². The number of nitrogens with zero attached hydrogens (tertiary/aromatic N) is 1. The summed E-state index contributed by atoms with van der Waals surface area (Å²) >= 11 is 0. The minimum Gasteiger partial charge on any atom is -0.508 e. The minimum absolute atomic E-state index is 0.160. The van der Waals surface area contributed by atoms with Crippen LogP contribution in [0.3, 0.4) is 0 Å². The summed E-state index contributed by atoms with van der Waals surface area (Å²) in [6, 6.07) is 20.1. The summed E-state index contributed by atoms with van der Waals surface area (Å²) in [5.41, 5.74) is 4.20. The highest BCUT2D eigenvalue weighted by Crippen LogP contribution is 2.49. The molecule has 0 radical (unpaired) electrons. The number of allylic oxidation sites excluding steroid dienone is 1. The Morgan fingerprint density at radius 3 is 2.49 bits per heavy atom. The summed E-state index contributed by atoms with van der Waals surface area (Å²) in [6.07, 6.45) is 0.121. The first-order valence-corrected chi connectivity index (χ1v) is 12.0. The second kappa shape index (κ2) is 11.3. The Kier molecular flexibility index (Phi) is 7.93. The predicted molar refractivity (Wildman–Crippen MR) is 137 cm³/mol. The number of phenols is 2. The molecule has 1 aliphatic heterocycles. The maximum Gasteiger partial charge on any atom is 0.150 e. The third-order valence-corrected chi connectivity index (χ3v) is 6.36. The standard InChI is InChI=1S/C29H32FNO4/c1-3-31(16-6-15-30)17-18-34-24-13-11-21(12-14-24)29-27(22-7-4-8-23(32)19-22)20(2)28-25(33)9-5-10-26(28)35-29/h4-5,7-14,19,29,32-33H,3,6,15-18H2,1-2H3. The zero-order valence-corrected chi connectivity index (χ0v) is 20.2. The molecule has 0 spiro atoms. The van der Waals surface area contributed by atoms with Gasteiger partial charge in [0.15, 0.2) is 0 Å². The van der Waals surface area contributed by atoms with E-state index in [-0.39, 0.29) is 18.2 Å². The van der Waals surface area contributed by atoms with Gasteiger partial charge in [0, 0.05) is 18.7 Å². The maximum atomic E-state index is 12.5. The molecule has 0 amide bonds. The number of aromatic hydroxyl groups is 2. The van der Waals surface area contributed by atoms with Crippen molar-refractivity contribution in [1.82, 2.24) is 4.90 Å². The molecule has 1 aliphatic rings. The number of phenolic OH excluding ortho intramolecular Hbond substituents is 2. The molecule has 0 aromatic heterocycles. The number of fused-ring (bicyclic) bond motifs is 1. The summed E-state index contributed by atoms with van der Waals surface area (Å²) in [4.78, 5) is 2.17. The first kappa shape index (κ1) is 24.6.